The number of carbonyl (C=O) groups is 3. The highest BCUT2D eigenvalue weighted by atomic mass is 35.5. The fraction of sp³-hybridized carbons (Fsp3) is 0.435. The summed E-state index contributed by atoms with van der Waals surface area (Å²) in [6, 6.07) is 5.91. The molecule has 1 atom stereocenters. The van der Waals surface area contributed by atoms with Gasteiger partial charge in [0.25, 0.3) is 5.91 Å². The molecule has 0 fully saturated rings. The predicted octanol–water partition coefficient (Wildman–Crippen LogP) is 4.83. The molecule has 0 saturated carbocycles. The van der Waals surface area contributed by atoms with Gasteiger partial charge in [0, 0.05) is 28.4 Å². The zero-order chi connectivity index (χ0) is 22.6. The van der Waals surface area contributed by atoms with Crippen LogP contribution in [0.3, 0.4) is 0 Å². The van der Waals surface area contributed by atoms with E-state index in [1.165, 1.54) is 0 Å². The van der Waals surface area contributed by atoms with Gasteiger partial charge in [0.15, 0.2) is 5.78 Å². The van der Waals surface area contributed by atoms with Crippen molar-refractivity contribution in [2.75, 3.05) is 13.2 Å². The van der Waals surface area contributed by atoms with Gasteiger partial charge in [-0.25, -0.2) is 4.79 Å². The molecule has 0 radical (unpaired) electrons. The number of carbonyl (C=O) groups excluding carboxylic acids is 3. The number of aryl methyl sites for hydroxylation is 1. The summed E-state index contributed by atoms with van der Waals surface area (Å²) in [4.78, 5) is 43.3. The molecule has 0 saturated heterocycles. The Morgan fingerprint density at radius 2 is 1.70 bits per heavy atom. The first-order valence-electron chi connectivity index (χ1n) is 10.0. The number of hydrogen-bond donors (Lipinski definition) is 1. The minimum atomic E-state index is -0.709. The molecule has 0 aliphatic rings. The SMILES string of the molecule is CCOC(=O)c1[nH]c(C)c(C(=O)[C@@H](C)N(CC(C)C)C(=O)c2ccc(Cl)cc2)c1C. The number of nitrogens with one attached hydrogen (secondary N) is 1. The lowest BCUT2D eigenvalue weighted by Crippen LogP contribution is -2.45. The Balaban J connectivity index is 2.39. The maximum Gasteiger partial charge on any atom is 0.355 e. The van der Waals surface area contributed by atoms with Crippen molar-refractivity contribution in [1.82, 2.24) is 9.88 Å². The number of halogens is 1. The summed E-state index contributed by atoms with van der Waals surface area (Å²) in [7, 11) is 0. The summed E-state index contributed by atoms with van der Waals surface area (Å²) in [5.41, 5.74) is 2.27. The Kier molecular flexibility index (Phi) is 7.84. The summed E-state index contributed by atoms with van der Waals surface area (Å²) in [5.74, 6) is -0.793. The number of Topliss-reactive ketones (excluding diaryl/α,β-unsaturated/α-hetero) is 1. The first-order chi connectivity index (χ1) is 14.1. The van der Waals surface area contributed by atoms with E-state index < -0.39 is 12.0 Å². The average molecular weight is 433 g/mol. The van der Waals surface area contributed by atoms with Gasteiger partial charge in [-0.1, -0.05) is 25.4 Å². The highest BCUT2D eigenvalue weighted by Gasteiger charge is 2.32. The molecule has 162 valence electrons. The van der Waals surface area contributed by atoms with Crippen molar-refractivity contribution < 1.29 is 19.1 Å². The molecule has 2 rings (SSSR count). The number of benzene rings is 1. The molecular formula is C23H29ClN2O4. The van der Waals surface area contributed by atoms with Crippen LogP contribution in [0.15, 0.2) is 24.3 Å². The third kappa shape index (κ3) is 5.11. The zero-order valence-electron chi connectivity index (χ0n) is 18.3. The lowest BCUT2D eigenvalue weighted by molar-refractivity contribution is 0.0518. The van der Waals surface area contributed by atoms with E-state index in [2.05, 4.69) is 4.98 Å². The molecule has 1 heterocycles. The molecule has 2 aromatic rings. The van der Waals surface area contributed by atoms with Gasteiger partial charge in [-0.2, -0.15) is 0 Å². The molecule has 0 aliphatic carbocycles. The Labute approximate surface area is 182 Å². The van der Waals surface area contributed by atoms with Gasteiger partial charge in [0.2, 0.25) is 0 Å². The highest BCUT2D eigenvalue weighted by molar-refractivity contribution is 6.30. The van der Waals surface area contributed by atoms with Crippen molar-refractivity contribution in [3.63, 3.8) is 0 Å². The van der Waals surface area contributed by atoms with E-state index in [0.717, 1.165) is 0 Å². The maximum absolute atomic E-state index is 13.4. The standard InChI is InChI=1S/C23H29ClN2O4/c1-7-30-23(29)20-14(4)19(15(5)25-20)21(27)16(6)26(12-13(2)3)22(28)17-8-10-18(24)11-9-17/h8-11,13,16,25H,7,12H2,1-6H3/t16-/m1/s1. The fourth-order valence-electron chi connectivity index (χ4n) is 3.45. The molecule has 0 bridgehead atoms. The molecule has 6 nitrogen and oxygen atoms in total. The van der Waals surface area contributed by atoms with Crippen LogP contribution in [0, 0.1) is 19.8 Å². The summed E-state index contributed by atoms with van der Waals surface area (Å²) in [6.07, 6.45) is 0. The van der Waals surface area contributed by atoms with Gasteiger partial charge in [-0.15, -0.1) is 0 Å². The van der Waals surface area contributed by atoms with Crippen LogP contribution in [0.1, 0.15) is 70.2 Å². The number of aromatic nitrogens is 1. The van der Waals surface area contributed by atoms with E-state index in [1.807, 2.05) is 13.8 Å². The average Bonchev–Trinajstić information content (AvgIpc) is 2.99. The number of aromatic amines is 1. The molecule has 0 aliphatic heterocycles. The Hall–Kier alpha value is -2.60. The van der Waals surface area contributed by atoms with Crippen molar-refractivity contribution in [2.45, 2.75) is 47.6 Å². The third-order valence-corrected chi connectivity index (χ3v) is 5.18. The molecule has 1 aromatic carbocycles. The van der Waals surface area contributed by atoms with Crippen LogP contribution in [0.5, 0.6) is 0 Å². The predicted molar refractivity (Wildman–Crippen MR) is 117 cm³/mol. The maximum atomic E-state index is 13.4. The number of esters is 1. The number of amides is 1. The van der Waals surface area contributed by atoms with Crippen LogP contribution >= 0.6 is 11.6 Å². The van der Waals surface area contributed by atoms with Crippen LogP contribution in [0.2, 0.25) is 5.02 Å². The second-order valence-electron chi connectivity index (χ2n) is 7.74. The van der Waals surface area contributed by atoms with E-state index in [4.69, 9.17) is 16.3 Å². The van der Waals surface area contributed by atoms with Gasteiger partial charge < -0.3 is 14.6 Å². The minimum Gasteiger partial charge on any atom is -0.461 e. The monoisotopic (exact) mass is 432 g/mol. The van der Waals surface area contributed by atoms with Crippen LogP contribution < -0.4 is 0 Å². The summed E-state index contributed by atoms with van der Waals surface area (Å²) >= 11 is 5.94. The van der Waals surface area contributed by atoms with E-state index in [9.17, 15) is 14.4 Å². The Morgan fingerprint density at radius 1 is 1.10 bits per heavy atom. The third-order valence-electron chi connectivity index (χ3n) is 4.92. The minimum absolute atomic E-state index is 0.167. The molecule has 1 aromatic heterocycles. The second-order valence-corrected chi connectivity index (χ2v) is 8.18. The lowest BCUT2D eigenvalue weighted by atomic mass is 9.98. The molecule has 1 N–H and O–H groups in total. The van der Waals surface area contributed by atoms with Crippen LogP contribution in [-0.2, 0) is 4.74 Å². The molecule has 0 spiro atoms. The molecular weight excluding hydrogens is 404 g/mol. The number of rotatable bonds is 8. The molecule has 1 amide bonds. The number of ether oxygens (including phenoxy) is 1. The molecule has 7 heteroatoms. The van der Waals surface area contributed by atoms with E-state index >= 15 is 0 Å². The number of H-pyrrole nitrogens is 1. The highest BCUT2D eigenvalue weighted by Crippen LogP contribution is 2.23. The molecule has 30 heavy (non-hydrogen) atoms. The van der Waals surface area contributed by atoms with Crippen LogP contribution in [-0.4, -0.2) is 46.7 Å². The fourth-order valence-corrected chi connectivity index (χ4v) is 3.57. The van der Waals surface area contributed by atoms with E-state index in [-0.39, 0.29) is 29.9 Å². The second kappa shape index (κ2) is 9.94. The van der Waals surface area contributed by atoms with Crippen LogP contribution in [0.4, 0.5) is 0 Å². The smallest absolute Gasteiger partial charge is 0.355 e. The van der Waals surface area contributed by atoms with Crippen molar-refractivity contribution in [1.29, 1.82) is 0 Å². The van der Waals surface area contributed by atoms with Crippen molar-refractivity contribution >= 4 is 29.3 Å². The largest absolute Gasteiger partial charge is 0.461 e. The quantitative estimate of drug-likeness (QED) is 0.478. The normalized spacial score (nSPS) is 12.0. The van der Waals surface area contributed by atoms with E-state index in [1.54, 1.807) is 56.9 Å². The van der Waals surface area contributed by atoms with Crippen LogP contribution in [0.25, 0.3) is 0 Å². The molecule has 0 unspecified atom stereocenters. The lowest BCUT2D eigenvalue weighted by Gasteiger charge is -2.30. The van der Waals surface area contributed by atoms with Gasteiger partial charge in [0.1, 0.15) is 5.69 Å². The van der Waals surface area contributed by atoms with Crippen molar-refractivity contribution in [2.24, 2.45) is 5.92 Å². The van der Waals surface area contributed by atoms with E-state index in [0.29, 0.717) is 34.0 Å². The zero-order valence-corrected chi connectivity index (χ0v) is 19.1. The first kappa shape index (κ1) is 23.7. The topological polar surface area (TPSA) is 79.5 Å². The van der Waals surface area contributed by atoms with Gasteiger partial charge >= 0.3 is 5.97 Å². The number of ketones is 1. The van der Waals surface area contributed by atoms with Gasteiger partial charge in [-0.05, 0) is 63.4 Å². The van der Waals surface area contributed by atoms with Crippen molar-refractivity contribution in [3.8, 4) is 0 Å². The Bertz CT molecular complexity index is 931. The Morgan fingerprint density at radius 3 is 2.23 bits per heavy atom. The van der Waals surface area contributed by atoms with Gasteiger partial charge in [-0.3, -0.25) is 9.59 Å². The first-order valence-corrected chi connectivity index (χ1v) is 10.4. The summed E-state index contributed by atoms with van der Waals surface area (Å²) in [5, 5.41) is 0.538. The number of hydrogen-bond acceptors (Lipinski definition) is 4. The summed E-state index contributed by atoms with van der Waals surface area (Å²) < 4.78 is 5.07. The van der Waals surface area contributed by atoms with Crippen molar-refractivity contribution in [3.05, 3.63) is 57.4 Å². The van der Waals surface area contributed by atoms with Gasteiger partial charge in [0.05, 0.1) is 12.6 Å². The number of nitrogens with zero attached hydrogens (tertiary/aromatic N) is 1. The summed E-state index contributed by atoms with van der Waals surface area (Å²) in [6.45, 7) is 11.5.